The zero-order valence-corrected chi connectivity index (χ0v) is 14.7. The monoisotopic (exact) mass is 354 g/mol. The minimum atomic E-state index is -0.106. The number of ether oxygens (including phenoxy) is 1. The third-order valence-corrected chi connectivity index (χ3v) is 4.85. The molecule has 1 unspecified atom stereocenters. The highest BCUT2D eigenvalue weighted by Gasteiger charge is 2.26. The number of hydrogen-bond acceptors (Lipinski definition) is 2. The molecule has 0 saturated heterocycles. The van der Waals surface area contributed by atoms with E-state index in [9.17, 15) is 4.79 Å². The van der Waals surface area contributed by atoms with Crippen molar-refractivity contribution in [1.82, 2.24) is 10.3 Å². The lowest BCUT2D eigenvalue weighted by Gasteiger charge is -2.13. The lowest BCUT2D eigenvalue weighted by molar-refractivity contribution is -0.123. The lowest BCUT2D eigenvalue weighted by Crippen LogP contribution is -2.38. The molecule has 0 bridgehead atoms. The topological polar surface area (TPSA) is 54.1 Å². The van der Waals surface area contributed by atoms with Crippen LogP contribution >= 0.6 is 11.6 Å². The highest BCUT2D eigenvalue weighted by molar-refractivity contribution is 6.30. The molecule has 2 aromatic carbocycles. The van der Waals surface area contributed by atoms with E-state index in [-0.39, 0.29) is 18.6 Å². The molecule has 1 heterocycles. The third-order valence-electron chi connectivity index (χ3n) is 4.60. The first-order valence-corrected chi connectivity index (χ1v) is 8.74. The number of amides is 1. The molecule has 0 spiro atoms. The molecule has 0 fully saturated rings. The van der Waals surface area contributed by atoms with Gasteiger partial charge in [0.25, 0.3) is 5.91 Å². The van der Waals surface area contributed by atoms with Gasteiger partial charge in [0.05, 0.1) is 0 Å². The molecule has 25 heavy (non-hydrogen) atoms. The summed E-state index contributed by atoms with van der Waals surface area (Å²) < 4.78 is 5.50. The van der Waals surface area contributed by atoms with Gasteiger partial charge in [-0.05, 0) is 55.3 Å². The van der Waals surface area contributed by atoms with E-state index in [1.54, 1.807) is 24.3 Å². The summed E-state index contributed by atoms with van der Waals surface area (Å²) in [4.78, 5) is 15.6. The number of aromatic nitrogens is 1. The average Bonchev–Trinajstić information content (AvgIpc) is 3.12. The second-order valence-electron chi connectivity index (χ2n) is 6.55. The Morgan fingerprint density at radius 1 is 1.24 bits per heavy atom. The standard InChI is InChI=1S/C20H19ClN2O2/c1-12-2-7-18-16(8-12)17-9-14(10-19(17)23-18)22-20(24)11-25-15-5-3-13(21)4-6-15/h2-8,14,23H,9-11H2,1H3,(H,22,24). The maximum Gasteiger partial charge on any atom is 0.258 e. The zero-order chi connectivity index (χ0) is 17.4. The first kappa shape index (κ1) is 16.0. The molecule has 1 aromatic heterocycles. The van der Waals surface area contributed by atoms with Crippen LogP contribution in [0.3, 0.4) is 0 Å². The van der Waals surface area contributed by atoms with E-state index >= 15 is 0 Å². The van der Waals surface area contributed by atoms with Crippen LogP contribution in [-0.4, -0.2) is 23.5 Å². The highest BCUT2D eigenvalue weighted by Crippen LogP contribution is 2.30. The Hall–Kier alpha value is -2.46. The van der Waals surface area contributed by atoms with Crippen LogP contribution in [0.5, 0.6) is 5.75 Å². The van der Waals surface area contributed by atoms with Gasteiger partial charge in [-0.25, -0.2) is 0 Å². The second-order valence-corrected chi connectivity index (χ2v) is 6.98. The first-order chi connectivity index (χ1) is 12.1. The predicted molar refractivity (Wildman–Crippen MR) is 99.3 cm³/mol. The van der Waals surface area contributed by atoms with Crippen LogP contribution < -0.4 is 10.1 Å². The van der Waals surface area contributed by atoms with E-state index in [1.807, 2.05) is 0 Å². The minimum absolute atomic E-state index is 0.00588. The molecule has 4 rings (SSSR count). The van der Waals surface area contributed by atoms with Gasteiger partial charge in [0, 0.05) is 34.1 Å². The molecule has 1 amide bonds. The Balaban J connectivity index is 1.36. The molecule has 1 aliphatic carbocycles. The summed E-state index contributed by atoms with van der Waals surface area (Å²) in [6.45, 7) is 2.10. The van der Waals surface area contributed by atoms with Crippen molar-refractivity contribution in [3.8, 4) is 5.75 Å². The van der Waals surface area contributed by atoms with E-state index in [0.717, 1.165) is 12.8 Å². The normalized spacial score (nSPS) is 16.0. The molecular weight excluding hydrogens is 336 g/mol. The van der Waals surface area contributed by atoms with Crippen molar-refractivity contribution in [2.24, 2.45) is 0 Å². The van der Waals surface area contributed by atoms with Crippen LogP contribution in [0.2, 0.25) is 5.02 Å². The summed E-state index contributed by atoms with van der Waals surface area (Å²) >= 11 is 5.83. The Kier molecular flexibility index (Phi) is 4.14. The zero-order valence-electron chi connectivity index (χ0n) is 13.9. The van der Waals surface area contributed by atoms with Gasteiger partial charge in [0.1, 0.15) is 5.75 Å². The number of halogens is 1. The van der Waals surface area contributed by atoms with Gasteiger partial charge in [-0.3, -0.25) is 4.79 Å². The summed E-state index contributed by atoms with van der Waals surface area (Å²) in [6.07, 6.45) is 1.68. The van der Waals surface area contributed by atoms with E-state index in [2.05, 4.69) is 35.4 Å². The number of aromatic amines is 1. The number of aryl methyl sites for hydroxylation is 1. The Bertz CT molecular complexity index is 931. The van der Waals surface area contributed by atoms with Crippen molar-refractivity contribution in [2.75, 3.05) is 6.61 Å². The molecule has 3 aromatic rings. The molecule has 0 saturated carbocycles. The van der Waals surface area contributed by atoms with Crippen LogP contribution in [0.25, 0.3) is 10.9 Å². The fraction of sp³-hybridized carbons (Fsp3) is 0.250. The largest absolute Gasteiger partial charge is 0.484 e. The number of carbonyl (C=O) groups excluding carboxylic acids is 1. The fourth-order valence-electron chi connectivity index (χ4n) is 3.44. The molecule has 0 radical (unpaired) electrons. The summed E-state index contributed by atoms with van der Waals surface area (Å²) in [6, 6.07) is 13.6. The van der Waals surface area contributed by atoms with E-state index in [0.29, 0.717) is 10.8 Å². The Labute approximate surface area is 151 Å². The summed E-state index contributed by atoms with van der Waals surface area (Å²) in [5.41, 5.74) is 4.97. The number of rotatable bonds is 4. The molecule has 2 N–H and O–H groups in total. The third kappa shape index (κ3) is 3.35. The van der Waals surface area contributed by atoms with E-state index in [4.69, 9.17) is 16.3 Å². The van der Waals surface area contributed by atoms with Gasteiger partial charge >= 0.3 is 0 Å². The van der Waals surface area contributed by atoms with Crippen molar-refractivity contribution in [1.29, 1.82) is 0 Å². The van der Waals surface area contributed by atoms with Crippen molar-refractivity contribution < 1.29 is 9.53 Å². The Morgan fingerprint density at radius 3 is 2.84 bits per heavy atom. The van der Waals surface area contributed by atoms with Gasteiger partial charge in [-0.2, -0.15) is 0 Å². The highest BCUT2D eigenvalue weighted by atomic mass is 35.5. The smallest absolute Gasteiger partial charge is 0.258 e. The van der Waals surface area contributed by atoms with Crippen LogP contribution in [-0.2, 0) is 17.6 Å². The molecule has 1 aliphatic rings. The summed E-state index contributed by atoms with van der Waals surface area (Å²) in [5.74, 6) is 0.531. The number of benzene rings is 2. The van der Waals surface area contributed by atoms with Crippen LogP contribution in [0.4, 0.5) is 0 Å². The van der Waals surface area contributed by atoms with Crippen LogP contribution in [0.15, 0.2) is 42.5 Å². The number of hydrogen-bond donors (Lipinski definition) is 2. The maximum atomic E-state index is 12.2. The first-order valence-electron chi connectivity index (χ1n) is 8.36. The maximum absolute atomic E-state index is 12.2. The minimum Gasteiger partial charge on any atom is -0.484 e. The number of H-pyrrole nitrogens is 1. The molecule has 1 atom stereocenters. The van der Waals surface area contributed by atoms with Gasteiger partial charge in [0.15, 0.2) is 6.61 Å². The van der Waals surface area contributed by atoms with Crippen molar-refractivity contribution >= 4 is 28.4 Å². The fourth-order valence-corrected chi connectivity index (χ4v) is 3.57. The average molecular weight is 355 g/mol. The van der Waals surface area contributed by atoms with E-state index < -0.39 is 0 Å². The summed E-state index contributed by atoms with van der Waals surface area (Å²) in [7, 11) is 0. The van der Waals surface area contributed by atoms with Crippen LogP contribution in [0.1, 0.15) is 16.8 Å². The van der Waals surface area contributed by atoms with E-state index in [1.165, 1.54) is 27.7 Å². The molecule has 4 nitrogen and oxygen atoms in total. The second kappa shape index (κ2) is 6.45. The van der Waals surface area contributed by atoms with Gasteiger partial charge in [-0.1, -0.05) is 23.2 Å². The number of nitrogens with one attached hydrogen (secondary N) is 2. The lowest BCUT2D eigenvalue weighted by atomic mass is 10.1. The molecule has 0 aliphatic heterocycles. The van der Waals surface area contributed by atoms with Gasteiger partial charge in [0.2, 0.25) is 0 Å². The Morgan fingerprint density at radius 2 is 2.04 bits per heavy atom. The van der Waals surface area contributed by atoms with Crippen molar-refractivity contribution in [3.63, 3.8) is 0 Å². The predicted octanol–water partition coefficient (Wildman–Crippen LogP) is 3.79. The summed E-state index contributed by atoms with van der Waals surface area (Å²) in [5, 5.41) is 4.98. The van der Waals surface area contributed by atoms with Crippen molar-refractivity contribution in [3.05, 3.63) is 64.3 Å². The quantitative estimate of drug-likeness (QED) is 0.749. The molecular formula is C20H19ClN2O2. The van der Waals surface area contributed by atoms with Gasteiger partial charge in [-0.15, -0.1) is 0 Å². The number of fused-ring (bicyclic) bond motifs is 3. The SMILES string of the molecule is Cc1ccc2[nH]c3c(c2c1)CC(NC(=O)COc1ccc(Cl)cc1)C3. The molecule has 5 heteroatoms. The number of carbonyl (C=O) groups is 1. The van der Waals surface area contributed by atoms with Gasteiger partial charge < -0.3 is 15.0 Å². The van der Waals surface area contributed by atoms with Crippen LogP contribution in [0, 0.1) is 6.92 Å². The molecule has 128 valence electrons. The van der Waals surface area contributed by atoms with Crippen molar-refractivity contribution in [2.45, 2.75) is 25.8 Å².